The van der Waals surface area contributed by atoms with Gasteiger partial charge in [-0.05, 0) is 48.7 Å². The van der Waals surface area contributed by atoms with E-state index < -0.39 is 5.97 Å². The number of nitrogens with one attached hydrogen (secondary N) is 1. The molecule has 0 aliphatic heterocycles. The summed E-state index contributed by atoms with van der Waals surface area (Å²) in [4.78, 5) is 20.5. The number of benzene rings is 2. The molecule has 0 radical (unpaired) electrons. The van der Waals surface area contributed by atoms with E-state index in [1.807, 2.05) is 24.4 Å². The second kappa shape index (κ2) is 8.83. The number of nitrogens with zero attached hydrogens (tertiary/aromatic N) is 3. The summed E-state index contributed by atoms with van der Waals surface area (Å²) in [5.74, 6) is -0.00709. The molecule has 32 heavy (non-hydrogen) atoms. The minimum atomic E-state index is -0.925. The lowest BCUT2D eigenvalue weighted by Crippen LogP contribution is -2.14. The first kappa shape index (κ1) is 20.2. The molecule has 0 bridgehead atoms. The van der Waals surface area contributed by atoms with Crippen LogP contribution in [0.25, 0.3) is 22.4 Å². The van der Waals surface area contributed by atoms with E-state index in [-0.39, 0.29) is 5.56 Å². The van der Waals surface area contributed by atoms with Crippen LogP contribution in [0.1, 0.15) is 54.1 Å². The zero-order valence-electron chi connectivity index (χ0n) is 17.9. The van der Waals surface area contributed by atoms with Crippen molar-refractivity contribution in [2.75, 3.05) is 5.32 Å². The van der Waals surface area contributed by atoms with Gasteiger partial charge in [-0.3, -0.25) is 4.98 Å². The maximum atomic E-state index is 11.5. The Kier molecular flexibility index (Phi) is 5.58. The lowest BCUT2D eigenvalue weighted by molar-refractivity contribution is 0.0697. The van der Waals surface area contributed by atoms with E-state index in [9.17, 15) is 9.90 Å². The molecule has 6 nitrogen and oxygen atoms in total. The number of rotatable bonds is 6. The van der Waals surface area contributed by atoms with E-state index in [0.717, 1.165) is 41.0 Å². The van der Waals surface area contributed by atoms with Crippen molar-refractivity contribution in [3.05, 3.63) is 78.1 Å². The minimum Gasteiger partial charge on any atom is -0.478 e. The molecule has 0 spiro atoms. The summed E-state index contributed by atoms with van der Waals surface area (Å²) in [5, 5.41) is 12.8. The van der Waals surface area contributed by atoms with E-state index in [1.165, 1.54) is 24.8 Å². The fraction of sp³-hybridized carbons (Fsp3) is 0.269. The number of pyridine rings is 1. The normalized spacial score (nSPS) is 14.5. The van der Waals surface area contributed by atoms with Gasteiger partial charge in [0.2, 0.25) is 0 Å². The standard InChI is InChI=1S/C26H26N4O2/c31-26(32)20-12-13-24-23(15-20)29-25(30(24)22-6-2-1-3-7-22)19-10-8-18(9-11-19)16-28-21-5-4-14-27-17-21/h4-5,8-15,17,22,28H,1-3,6-7,16H2,(H,31,32). The summed E-state index contributed by atoms with van der Waals surface area (Å²) in [6.45, 7) is 0.715. The van der Waals surface area contributed by atoms with Gasteiger partial charge < -0.3 is 15.0 Å². The number of aromatic nitrogens is 3. The average molecular weight is 427 g/mol. The van der Waals surface area contributed by atoms with Crippen LogP contribution in [0, 0.1) is 0 Å². The van der Waals surface area contributed by atoms with Crippen LogP contribution >= 0.6 is 0 Å². The number of carbonyl (C=O) groups is 1. The third-order valence-electron chi connectivity index (χ3n) is 6.25. The first-order valence-corrected chi connectivity index (χ1v) is 11.2. The molecule has 1 fully saturated rings. The van der Waals surface area contributed by atoms with Crippen molar-refractivity contribution < 1.29 is 9.90 Å². The monoisotopic (exact) mass is 426 g/mol. The van der Waals surface area contributed by atoms with Gasteiger partial charge in [-0.15, -0.1) is 0 Å². The predicted molar refractivity (Wildman–Crippen MR) is 126 cm³/mol. The van der Waals surface area contributed by atoms with Gasteiger partial charge in [0.15, 0.2) is 0 Å². The average Bonchev–Trinajstić information content (AvgIpc) is 3.23. The van der Waals surface area contributed by atoms with Crippen LogP contribution in [0.3, 0.4) is 0 Å². The first-order valence-electron chi connectivity index (χ1n) is 11.2. The van der Waals surface area contributed by atoms with E-state index >= 15 is 0 Å². The zero-order chi connectivity index (χ0) is 21.9. The van der Waals surface area contributed by atoms with Gasteiger partial charge in [-0.1, -0.05) is 43.5 Å². The van der Waals surface area contributed by atoms with E-state index in [0.29, 0.717) is 12.6 Å². The Morgan fingerprint density at radius 2 is 1.88 bits per heavy atom. The maximum Gasteiger partial charge on any atom is 0.335 e. The molecule has 1 aliphatic rings. The molecule has 2 N–H and O–H groups in total. The second-order valence-electron chi connectivity index (χ2n) is 8.40. The third kappa shape index (κ3) is 4.08. The van der Waals surface area contributed by atoms with Crippen molar-refractivity contribution in [3.8, 4) is 11.4 Å². The minimum absolute atomic E-state index is 0.272. The van der Waals surface area contributed by atoms with Gasteiger partial charge in [0.05, 0.1) is 22.3 Å². The number of carboxylic acids is 1. The number of hydrogen-bond donors (Lipinski definition) is 2. The maximum absolute atomic E-state index is 11.5. The lowest BCUT2D eigenvalue weighted by atomic mass is 9.94. The molecule has 6 heteroatoms. The van der Waals surface area contributed by atoms with Crippen molar-refractivity contribution in [1.29, 1.82) is 0 Å². The van der Waals surface area contributed by atoms with E-state index in [1.54, 1.807) is 18.3 Å². The number of hydrogen-bond acceptors (Lipinski definition) is 4. The zero-order valence-corrected chi connectivity index (χ0v) is 17.9. The summed E-state index contributed by atoms with van der Waals surface area (Å²) in [7, 11) is 0. The van der Waals surface area contributed by atoms with Crippen molar-refractivity contribution in [1.82, 2.24) is 14.5 Å². The molecule has 1 saturated carbocycles. The van der Waals surface area contributed by atoms with Crippen LogP contribution in [-0.4, -0.2) is 25.6 Å². The van der Waals surface area contributed by atoms with Crippen molar-refractivity contribution in [2.24, 2.45) is 0 Å². The smallest absolute Gasteiger partial charge is 0.335 e. The van der Waals surface area contributed by atoms with Crippen molar-refractivity contribution in [2.45, 2.75) is 44.7 Å². The first-order chi connectivity index (χ1) is 15.7. The van der Waals surface area contributed by atoms with Crippen LogP contribution in [0.15, 0.2) is 67.0 Å². The number of carboxylic acid groups (broad SMARTS) is 1. The molecule has 0 atom stereocenters. The molecular formula is C26H26N4O2. The number of fused-ring (bicyclic) bond motifs is 1. The number of aromatic carboxylic acids is 1. The number of anilines is 1. The quantitative estimate of drug-likeness (QED) is 0.400. The SMILES string of the molecule is O=C(O)c1ccc2c(c1)nc(-c1ccc(CNc3cccnc3)cc1)n2C1CCCCC1. The van der Waals surface area contributed by atoms with Crippen LogP contribution in [0.5, 0.6) is 0 Å². The lowest BCUT2D eigenvalue weighted by Gasteiger charge is -2.25. The topological polar surface area (TPSA) is 80.0 Å². The molecule has 0 saturated heterocycles. The Bertz CT molecular complexity index is 1230. The Morgan fingerprint density at radius 3 is 2.59 bits per heavy atom. The summed E-state index contributed by atoms with van der Waals surface area (Å²) in [5.41, 5.74) is 5.24. The third-order valence-corrected chi connectivity index (χ3v) is 6.25. The highest BCUT2D eigenvalue weighted by Gasteiger charge is 2.23. The molecule has 5 rings (SSSR count). The van der Waals surface area contributed by atoms with Gasteiger partial charge in [0, 0.05) is 30.5 Å². The fourth-order valence-corrected chi connectivity index (χ4v) is 4.59. The molecule has 2 heterocycles. The highest BCUT2D eigenvalue weighted by molar-refractivity contribution is 5.93. The summed E-state index contributed by atoms with van der Waals surface area (Å²) in [6, 6.07) is 18.0. The van der Waals surface area contributed by atoms with Crippen molar-refractivity contribution in [3.63, 3.8) is 0 Å². The molecule has 1 aliphatic carbocycles. The molecule has 162 valence electrons. The number of imidazole rings is 1. The second-order valence-corrected chi connectivity index (χ2v) is 8.40. The molecule has 2 aromatic carbocycles. The molecule has 2 aromatic heterocycles. The van der Waals surface area contributed by atoms with Crippen LogP contribution < -0.4 is 5.32 Å². The van der Waals surface area contributed by atoms with Crippen molar-refractivity contribution >= 4 is 22.7 Å². The van der Waals surface area contributed by atoms with Gasteiger partial charge in [0.1, 0.15) is 5.82 Å². The molecular weight excluding hydrogens is 400 g/mol. The summed E-state index contributed by atoms with van der Waals surface area (Å²) in [6.07, 6.45) is 9.55. The predicted octanol–water partition coefficient (Wildman–Crippen LogP) is 5.91. The van der Waals surface area contributed by atoms with Crippen LogP contribution in [0.4, 0.5) is 5.69 Å². The Hall–Kier alpha value is -3.67. The summed E-state index contributed by atoms with van der Waals surface area (Å²) < 4.78 is 2.34. The van der Waals surface area contributed by atoms with Crippen LogP contribution in [-0.2, 0) is 6.54 Å². The van der Waals surface area contributed by atoms with Gasteiger partial charge in [-0.25, -0.2) is 9.78 Å². The van der Waals surface area contributed by atoms with E-state index in [2.05, 4.69) is 39.1 Å². The Morgan fingerprint density at radius 1 is 1.06 bits per heavy atom. The Balaban J connectivity index is 1.48. The Labute approximate surface area is 187 Å². The van der Waals surface area contributed by atoms with E-state index in [4.69, 9.17) is 4.98 Å². The highest BCUT2D eigenvalue weighted by Crippen LogP contribution is 2.36. The summed E-state index contributed by atoms with van der Waals surface area (Å²) >= 11 is 0. The molecule has 0 amide bonds. The molecule has 4 aromatic rings. The molecule has 0 unspecified atom stereocenters. The van der Waals surface area contributed by atoms with Gasteiger partial charge in [0.25, 0.3) is 0 Å². The van der Waals surface area contributed by atoms with Crippen LogP contribution in [0.2, 0.25) is 0 Å². The van der Waals surface area contributed by atoms with Gasteiger partial charge in [-0.2, -0.15) is 0 Å². The fourth-order valence-electron chi connectivity index (χ4n) is 4.59. The largest absolute Gasteiger partial charge is 0.478 e. The highest BCUT2D eigenvalue weighted by atomic mass is 16.4. The van der Waals surface area contributed by atoms with Gasteiger partial charge >= 0.3 is 5.97 Å².